The second kappa shape index (κ2) is 9.79. The Labute approximate surface area is 204 Å². The lowest BCUT2D eigenvalue weighted by atomic mass is 10.2. The van der Waals surface area contributed by atoms with Crippen LogP contribution < -0.4 is 0 Å². The molecule has 0 aliphatic rings. The third kappa shape index (κ3) is 5.11. The lowest BCUT2D eigenvalue weighted by Crippen LogP contribution is -2.04. The normalized spacial score (nSPS) is 11.1. The van der Waals surface area contributed by atoms with Crippen LogP contribution in [0.4, 0.5) is 0 Å². The molecule has 0 aliphatic carbocycles. The molecule has 9 heteroatoms. The monoisotopic (exact) mass is 493 g/mol. The number of hydrogen-bond acceptors (Lipinski definition) is 6. The maximum absolute atomic E-state index is 6.07. The minimum atomic E-state index is 0.454. The molecule has 164 valence electrons. The molecular weight excluding hydrogens is 477 g/mol. The number of thioether (sulfide) groups is 1. The van der Waals surface area contributed by atoms with E-state index in [4.69, 9.17) is 27.6 Å². The number of aromatic nitrogens is 5. The highest BCUT2D eigenvalue weighted by Gasteiger charge is 2.17. The van der Waals surface area contributed by atoms with Crippen molar-refractivity contribution in [3.05, 3.63) is 100 Å². The van der Waals surface area contributed by atoms with Crippen LogP contribution in [0.25, 0.3) is 22.8 Å². The van der Waals surface area contributed by atoms with Crippen LogP contribution >= 0.6 is 35.0 Å². The van der Waals surface area contributed by atoms with Gasteiger partial charge in [0.25, 0.3) is 0 Å². The summed E-state index contributed by atoms with van der Waals surface area (Å²) in [6, 6.07) is 25.1. The van der Waals surface area contributed by atoms with Gasteiger partial charge in [-0.25, -0.2) is 0 Å². The highest BCUT2D eigenvalue weighted by Crippen LogP contribution is 2.29. The summed E-state index contributed by atoms with van der Waals surface area (Å²) >= 11 is 13.5. The third-order valence-electron chi connectivity index (χ3n) is 4.89. The molecular formula is C24H17Cl2N5OS. The number of nitrogens with zero attached hydrogens (tertiary/aromatic N) is 5. The molecule has 0 saturated carbocycles. The van der Waals surface area contributed by atoms with Gasteiger partial charge in [0.05, 0.1) is 12.3 Å². The average molecular weight is 494 g/mol. The zero-order chi connectivity index (χ0) is 22.6. The Morgan fingerprint density at radius 1 is 0.727 bits per heavy atom. The quantitative estimate of drug-likeness (QED) is 0.236. The molecule has 2 aromatic heterocycles. The highest BCUT2D eigenvalue weighted by molar-refractivity contribution is 7.98. The lowest BCUT2D eigenvalue weighted by molar-refractivity contribution is 0.528. The van der Waals surface area contributed by atoms with Gasteiger partial charge in [0.2, 0.25) is 11.8 Å². The largest absolute Gasteiger partial charge is 0.420 e. The number of halogens is 2. The van der Waals surface area contributed by atoms with Crippen LogP contribution in [0, 0.1) is 0 Å². The maximum atomic E-state index is 6.07. The standard InChI is InChI=1S/C24H17Cl2N5OS/c25-19-10-6-17(7-11-19)22-28-30-24(31(22)14-16-4-2-1-3-5-16)33-15-21-27-29-23(32-21)18-8-12-20(26)13-9-18/h1-13H,14-15H2. The van der Waals surface area contributed by atoms with Crippen molar-refractivity contribution in [2.75, 3.05) is 0 Å². The van der Waals surface area contributed by atoms with Crippen LogP contribution in [0.2, 0.25) is 10.0 Å². The van der Waals surface area contributed by atoms with E-state index < -0.39 is 0 Å². The van der Waals surface area contributed by atoms with Crippen molar-refractivity contribution in [1.29, 1.82) is 0 Å². The van der Waals surface area contributed by atoms with Crippen LogP contribution in [0.3, 0.4) is 0 Å². The minimum absolute atomic E-state index is 0.454. The third-order valence-corrected chi connectivity index (χ3v) is 6.34. The van der Waals surface area contributed by atoms with E-state index in [9.17, 15) is 0 Å². The van der Waals surface area contributed by atoms with E-state index in [1.165, 1.54) is 11.8 Å². The van der Waals surface area contributed by atoms with Gasteiger partial charge in [0, 0.05) is 21.2 Å². The van der Waals surface area contributed by atoms with Crippen molar-refractivity contribution in [1.82, 2.24) is 25.0 Å². The van der Waals surface area contributed by atoms with Gasteiger partial charge in [0.15, 0.2) is 11.0 Å². The second-order valence-corrected chi connectivity index (χ2v) is 9.00. The fourth-order valence-electron chi connectivity index (χ4n) is 3.26. The number of benzene rings is 3. The van der Waals surface area contributed by atoms with Crippen molar-refractivity contribution in [3.63, 3.8) is 0 Å². The van der Waals surface area contributed by atoms with Crippen molar-refractivity contribution < 1.29 is 4.42 Å². The first kappa shape index (κ1) is 21.7. The van der Waals surface area contributed by atoms with E-state index in [0.29, 0.717) is 34.1 Å². The highest BCUT2D eigenvalue weighted by atomic mass is 35.5. The molecule has 6 nitrogen and oxygen atoms in total. The Morgan fingerprint density at radius 2 is 1.39 bits per heavy atom. The Bertz CT molecular complexity index is 1350. The molecule has 0 aliphatic heterocycles. The maximum Gasteiger partial charge on any atom is 0.247 e. The average Bonchev–Trinajstić information content (AvgIpc) is 3.47. The molecule has 3 aromatic carbocycles. The first-order valence-corrected chi connectivity index (χ1v) is 11.8. The molecule has 0 saturated heterocycles. The summed E-state index contributed by atoms with van der Waals surface area (Å²) in [6.45, 7) is 0.633. The zero-order valence-electron chi connectivity index (χ0n) is 17.2. The molecule has 0 atom stereocenters. The lowest BCUT2D eigenvalue weighted by Gasteiger charge is -2.10. The van der Waals surface area contributed by atoms with Gasteiger partial charge in [-0.15, -0.1) is 20.4 Å². The van der Waals surface area contributed by atoms with Gasteiger partial charge in [-0.05, 0) is 54.1 Å². The fraction of sp³-hybridized carbons (Fsp3) is 0.0833. The Hall–Kier alpha value is -3.13. The smallest absolute Gasteiger partial charge is 0.247 e. The number of rotatable bonds is 7. The van der Waals surface area contributed by atoms with Crippen molar-refractivity contribution in [3.8, 4) is 22.8 Å². The van der Waals surface area contributed by atoms with Crippen LogP contribution in [0.15, 0.2) is 88.4 Å². The Kier molecular flexibility index (Phi) is 6.44. The van der Waals surface area contributed by atoms with Crippen molar-refractivity contribution in [2.45, 2.75) is 17.5 Å². The Morgan fingerprint density at radius 3 is 2.09 bits per heavy atom. The van der Waals surface area contributed by atoms with Gasteiger partial charge in [-0.2, -0.15) is 0 Å². The van der Waals surface area contributed by atoms with Crippen molar-refractivity contribution >= 4 is 35.0 Å². The molecule has 0 amide bonds. The topological polar surface area (TPSA) is 69.6 Å². The summed E-state index contributed by atoms with van der Waals surface area (Å²) in [5.74, 6) is 2.20. The number of hydrogen-bond donors (Lipinski definition) is 0. The van der Waals surface area contributed by atoms with Crippen LogP contribution in [0.5, 0.6) is 0 Å². The van der Waals surface area contributed by atoms with Crippen LogP contribution in [-0.4, -0.2) is 25.0 Å². The van der Waals surface area contributed by atoms with Gasteiger partial charge >= 0.3 is 0 Å². The van der Waals surface area contributed by atoms with E-state index in [1.54, 1.807) is 12.1 Å². The van der Waals surface area contributed by atoms with Crippen LogP contribution in [-0.2, 0) is 12.3 Å². The second-order valence-electron chi connectivity index (χ2n) is 7.18. The van der Waals surface area contributed by atoms with Crippen molar-refractivity contribution in [2.24, 2.45) is 0 Å². The predicted molar refractivity (Wildman–Crippen MR) is 130 cm³/mol. The van der Waals surface area contributed by atoms with E-state index in [0.717, 1.165) is 27.7 Å². The summed E-state index contributed by atoms with van der Waals surface area (Å²) < 4.78 is 7.92. The molecule has 0 fully saturated rings. The molecule has 33 heavy (non-hydrogen) atoms. The molecule has 5 rings (SSSR count). The molecule has 0 N–H and O–H groups in total. The van der Waals surface area contributed by atoms with Crippen LogP contribution in [0.1, 0.15) is 11.5 Å². The first-order valence-electron chi connectivity index (χ1n) is 10.1. The fourth-order valence-corrected chi connectivity index (χ4v) is 4.29. The summed E-state index contributed by atoms with van der Waals surface area (Å²) in [5, 5.41) is 19.3. The molecule has 0 unspecified atom stereocenters. The summed E-state index contributed by atoms with van der Waals surface area (Å²) in [4.78, 5) is 0. The van der Waals surface area contributed by atoms with Gasteiger partial charge in [0.1, 0.15) is 0 Å². The summed E-state index contributed by atoms with van der Waals surface area (Å²) in [7, 11) is 0. The molecule has 0 radical (unpaired) electrons. The summed E-state index contributed by atoms with van der Waals surface area (Å²) in [5.41, 5.74) is 2.91. The first-order chi connectivity index (χ1) is 16.2. The van der Waals surface area contributed by atoms with E-state index in [2.05, 4.69) is 37.1 Å². The molecule has 0 bridgehead atoms. The molecule has 5 aromatic rings. The van der Waals surface area contributed by atoms with Gasteiger partial charge in [-0.1, -0.05) is 65.3 Å². The van der Waals surface area contributed by atoms with E-state index in [-0.39, 0.29) is 0 Å². The SMILES string of the molecule is Clc1ccc(-c2nnc(CSc3nnc(-c4ccc(Cl)cc4)n3Cc3ccccc3)o2)cc1. The predicted octanol–water partition coefficient (Wildman–Crippen LogP) is 6.64. The van der Waals surface area contributed by atoms with Gasteiger partial charge < -0.3 is 4.42 Å². The van der Waals surface area contributed by atoms with E-state index >= 15 is 0 Å². The van der Waals surface area contributed by atoms with Gasteiger partial charge in [-0.3, -0.25) is 4.57 Å². The summed E-state index contributed by atoms with van der Waals surface area (Å²) in [6.07, 6.45) is 0. The van der Waals surface area contributed by atoms with E-state index in [1.807, 2.05) is 54.6 Å². The zero-order valence-corrected chi connectivity index (χ0v) is 19.6. The Balaban J connectivity index is 1.39. The minimum Gasteiger partial charge on any atom is -0.420 e. The molecule has 2 heterocycles. The molecule has 0 spiro atoms.